The Hall–Kier alpha value is -2.80. The van der Waals surface area contributed by atoms with Gasteiger partial charge in [0.1, 0.15) is 11.4 Å². The summed E-state index contributed by atoms with van der Waals surface area (Å²) in [6.07, 6.45) is 8.73. The lowest BCUT2D eigenvalue weighted by molar-refractivity contribution is 0.102. The first-order chi connectivity index (χ1) is 13.7. The average molecular weight is 395 g/mol. The number of hydrogen-bond donors (Lipinski definition) is 1. The van der Waals surface area contributed by atoms with E-state index in [1.165, 1.54) is 24.2 Å². The first-order valence-electron chi connectivity index (χ1n) is 9.47. The summed E-state index contributed by atoms with van der Waals surface area (Å²) in [7, 11) is 0. The standard InChI is InChI=1S/C21H22N4O2S/c1-14-13-23-21(28-14)25-20(26)19-12-18(27-17-7-2-3-8-17)11-16(24-19)10-15-6-4-5-9-22-15/h4-6,9,11-13,17H,2-3,7-8,10H2,1H3,(H,23,25,26). The summed E-state index contributed by atoms with van der Waals surface area (Å²) < 4.78 is 6.15. The Morgan fingerprint density at radius 2 is 2.07 bits per heavy atom. The van der Waals surface area contributed by atoms with E-state index in [9.17, 15) is 4.79 Å². The Balaban J connectivity index is 1.59. The molecule has 144 valence electrons. The lowest BCUT2D eigenvalue weighted by Crippen LogP contribution is -2.16. The van der Waals surface area contributed by atoms with Gasteiger partial charge in [-0.2, -0.15) is 0 Å². The van der Waals surface area contributed by atoms with Gasteiger partial charge in [0.15, 0.2) is 5.13 Å². The number of amides is 1. The van der Waals surface area contributed by atoms with E-state index in [-0.39, 0.29) is 12.0 Å². The molecule has 7 heteroatoms. The van der Waals surface area contributed by atoms with Crippen LogP contribution in [0.15, 0.2) is 42.7 Å². The summed E-state index contributed by atoms with van der Waals surface area (Å²) in [4.78, 5) is 26.9. The Bertz CT molecular complexity index is 952. The van der Waals surface area contributed by atoms with Crippen LogP contribution in [0.3, 0.4) is 0 Å². The summed E-state index contributed by atoms with van der Waals surface area (Å²) in [5.41, 5.74) is 1.99. The summed E-state index contributed by atoms with van der Waals surface area (Å²) in [6, 6.07) is 9.41. The quantitative estimate of drug-likeness (QED) is 0.670. The van der Waals surface area contributed by atoms with Crippen LogP contribution in [0.5, 0.6) is 5.75 Å². The number of carbonyl (C=O) groups is 1. The number of ether oxygens (including phenoxy) is 1. The number of thiazole rings is 1. The highest BCUT2D eigenvalue weighted by atomic mass is 32.1. The van der Waals surface area contributed by atoms with Crippen LogP contribution in [0.1, 0.15) is 52.4 Å². The summed E-state index contributed by atoms with van der Waals surface area (Å²) >= 11 is 1.44. The Labute approximate surface area is 168 Å². The van der Waals surface area contributed by atoms with Gasteiger partial charge < -0.3 is 4.74 Å². The van der Waals surface area contributed by atoms with Gasteiger partial charge in [-0.05, 0) is 44.7 Å². The first kappa shape index (κ1) is 18.6. The molecular formula is C21H22N4O2S. The molecule has 0 saturated heterocycles. The molecule has 1 N–H and O–H groups in total. The highest BCUT2D eigenvalue weighted by Gasteiger charge is 2.19. The molecule has 28 heavy (non-hydrogen) atoms. The zero-order chi connectivity index (χ0) is 19.3. The molecule has 6 nitrogen and oxygen atoms in total. The minimum atomic E-state index is -0.284. The highest BCUT2D eigenvalue weighted by Crippen LogP contribution is 2.26. The molecule has 3 heterocycles. The van der Waals surface area contributed by atoms with Gasteiger partial charge in [0.05, 0.1) is 11.8 Å². The molecule has 1 fully saturated rings. The van der Waals surface area contributed by atoms with Crippen LogP contribution >= 0.6 is 11.3 Å². The zero-order valence-electron chi connectivity index (χ0n) is 15.7. The molecule has 1 aliphatic carbocycles. The number of aromatic nitrogens is 3. The number of nitrogens with one attached hydrogen (secondary N) is 1. The topological polar surface area (TPSA) is 77.0 Å². The normalized spacial score (nSPS) is 14.2. The van der Waals surface area contributed by atoms with Gasteiger partial charge in [-0.3, -0.25) is 15.1 Å². The Morgan fingerprint density at radius 1 is 1.21 bits per heavy atom. The molecule has 0 unspecified atom stereocenters. The molecular weight excluding hydrogens is 372 g/mol. The number of nitrogens with zero attached hydrogens (tertiary/aromatic N) is 3. The van der Waals surface area contributed by atoms with E-state index in [2.05, 4.69) is 20.3 Å². The van der Waals surface area contributed by atoms with Crippen LogP contribution < -0.4 is 10.1 Å². The molecule has 0 bridgehead atoms. The molecule has 1 amide bonds. The van der Waals surface area contributed by atoms with Gasteiger partial charge in [0.25, 0.3) is 5.91 Å². The Morgan fingerprint density at radius 3 is 2.79 bits per heavy atom. The Kier molecular flexibility index (Phi) is 5.62. The maximum absolute atomic E-state index is 12.7. The van der Waals surface area contributed by atoms with E-state index in [1.54, 1.807) is 18.5 Å². The molecule has 1 aliphatic rings. The van der Waals surface area contributed by atoms with Gasteiger partial charge in [-0.1, -0.05) is 6.07 Å². The molecule has 0 aromatic carbocycles. The van der Waals surface area contributed by atoms with Gasteiger partial charge in [-0.15, -0.1) is 11.3 Å². The van der Waals surface area contributed by atoms with Crippen LogP contribution in [-0.4, -0.2) is 27.0 Å². The molecule has 0 radical (unpaired) electrons. The summed E-state index contributed by atoms with van der Waals surface area (Å²) in [5.74, 6) is 0.404. The van der Waals surface area contributed by atoms with Gasteiger partial charge in [0.2, 0.25) is 0 Å². The molecule has 0 spiro atoms. The van der Waals surface area contributed by atoms with Crippen molar-refractivity contribution in [1.29, 1.82) is 0 Å². The van der Waals surface area contributed by atoms with E-state index < -0.39 is 0 Å². The molecule has 0 aliphatic heterocycles. The predicted octanol–water partition coefficient (Wildman–Crippen LogP) is 4.41. The SMILES string of the molecule is Cc1cnc(NC(=O)c2cc(OC3CCCC3)cc(Cc3ccccn3)n2)s1. The third-order valence-electron chi connectivity index (χ3n) is 4.62. The van der Waals surface area contributed by atoms with Crippen molar-refractivity contribution in [2.75, 3.05) is 5.32 Å². The second kappa shape index (κ2) is 8.48. The van der Waals surface area contributed by atoms with Gasteiger partial charge >= 0.3 is 0 Å². The lowest BCUT2D eigenvalue weighted by Gasteiger charge is -2.15. The second-order valence-corrected chi connectivity index (χ2v) is 8.17. The van der Waals surface area contributed by atoms with Crippen molar-refractivity contribution >= 4 is 22.4 Å². The lowest BCUT2D eigenvalue weighted by atomic mass is 10.1. The van der Waals surface area contributed by atoms with Crippen LogP contribution in [0.25, 0.3) is 0 Å². The van der Waals surface area contributed by atoms with Crippen LogP contribution in [-0.2, 0) is 6.42 Å². The van der Waals surface area contributed by atoms with Crippen molar-refractivity contribution in [1.82, 2.24) is 15.0 Å². The van der Waals surface area contributed by atoms with Crippen LogP contribution in [0.2, 0.25) is 0 Å². The smallest absolute Gasteiger partial charge is 0.276 e. The minimum absolute atomic E-state index is 0.211. The third kappa shape index (κ3) is 4.72. The number of aryl methyl sites for hydroxylation is 1. The number of rotatable bonds is 6. The van der Waals surface area contributed by atoms with Crippen molar-refractivity contribution in [3.63, 3.8) is 0 Å². The monoisotopic (exact) mass is 394 g/mol. The van der Waals surface area contributed by atoms with E-state index in [4.69, 9.17) is 4.74 Å². The first-order valence-corrected chi connectivity index (χ1v) is 10.3. The fourth-order valence-corrected chi connectivity index (χ4v) is 3.95. The van der Waals surface area contributed by atoms with E-state index in [0.29, 0.717) is 23.0 Å². The fraction of sp³-hybridized carbons (Fsp3) is 0.333. The average Bonchev–Trinajstić information content (AvgIpc) is 3.34. The third-order valence-corrected chi connectivity index (χ3v) is 5.45. The molecule has 4 rings (SSSR count). The van der Waals surface area contributed by atoms with E-state index >= 15 is 0 Å². The van der Waals surface area contributed by atoms with E-state index in [1.807, 2.05) is 31.2 Å². The predicted molar refractivity (Wildman–Crippen MR) is 109 cm³/mol. The number of hydrogen-bond acceptors (Lipinski definition) is 6. The number of pyridine rings is 2. The minimum Gasteiger partial charge on any atom is -0.490 e. The highest BCUT2D eigenvalue weighted by molar-refractivity contribution is 7.15. The maximum Gasteiger partial charge on any atom is 0.276 e. The maximum atomic E-state index is 12.7. The second-order valence-electron chi connectivity index (χ2n) is 6.93. The molecule has 0 atom stereocenters. The summed E-state index contributed by atoms with van der Waals surface area (Å²) in [5, 5.41) is 3.39. The molecule has 1 saturated carbocycles. The fourth-order valence-electron chi connectivity index (χ4n) is 3.30. The summed E-state index contributed by atoms with van der Waals surface area (Å²) in [6.45, 7) is 1.95. The van der Waals surface area contributed by atoms with Crippen molar-refractivity contribution in [2.45, 2.75) is 45.1 Å². The van der Waals surface area contributed by atoms with Crippen LogP contribution in [0.4, 0.5) is 5.13 Å². The largest absolute Gasteiger partial charge is 0.490 e. The van der Waals surface area contributed by atoms with Crippen LogP contribution in [0, 0.1) is 6.92 Å². The molecule has 3 aromatic heterocycles. The van der Waals surface area contributed by atoms with E-state index in [0.717, 1.165) is 29.1 Å². The van der Waals surface area contributed by atoms with Gasteiger partial charge in [0, 0.05) is 41.5 Å². The van der Waals surface area contributed by atoms with Crippen molar-refractivity contribution in [3.05, 3.63) is 64.7 Å². The van der Waals surface area contributed by atoms with Crippen molar-refractivity contribution in [3.8, 4) is 5.75 Å². The molecule has 3 aromatic rings. The van der Waals surface area contributed by atoms with Crippen molar-refractivity contribution < 1.29 is 9.53 Å². The number of anilines is 1. The zero-order valence-corrected chi connectivity index (χ0v) is 16.5. The van der Waals surface area contributed by atoms with Gasteiger partial charge in [-0.25, -0.2) is 9.97 Å². The van der Waals surface area contributed by atoms with Crippen molar-refractivity contribution in [2.24, 2.45) is 0 Å². The number of carbonyl (C=O) groups excluding carboxylic acids is 1.